The van der Waals surface area contributed by atoms with E-state index >= 15 is 0 Å². The summed E-state index contributed by atoms with van der Waals surface area (Å²) >= 11 is 0. The molecule has 1 aliphatic heterocycles. The van der Waals surface area contributed by atoms with Crippen molar-refractivity contribution >= 4 is 29.9 Å². The van der Waals surface area contributed by atoms with E-state index in [1.807, 2.05) is 0 Å². The Morgan fingerprint density at radius 1 is 1.23 bits per heavy atom. The van der Waals surface area contributed by atoms with Gasteiger partial charge in [0, 0.05) is 32.2 Å². The lowest BCUT2D eigenvalue weighted by Gasteiger charge is -2.48. The summed E-state index contributed by atoms with van der Waals surface area (Å²) in [6, 6.07) is 0. The predicted octanol–water partition coefficient (Wildman–Crippen LogP) is 1.44. The van der Waals surface area contributed by atoms with E-state index in [0.717, 1.165) is 38.8 Å². The lowest BCUT2D eigenvalue weighted by Crippen LogP contribution is -2.60. The zero-order valence-corrected chi connectivity index (χ0v) is 15.9. The molecular weight excluding hydrogens is 391 g/mol. The SMILES string of the molecule is C#CCNC(=NC)NCC1(N2CCOCC2)CCCCC1.I. The first kappa shape index (κ1) is 19.5. The second-order valence-electron chi connectivity index (χ2n) is 5.87. The number of aliphatic imine (C=N–C) groups is 1. The fourth-order valence-corrected chi connectivity index (χ4v) is 3.46. The molecule has 1 aliphatic carbocycles. The molecule has 0 aromatic heterocycles. The molecule has 0 amide bonds. The number of rotatable bonds is 4. The molecule has 1 saturated heterocycles. The van der Waals surface area contributed by atoms with E-state index in [4.69, 9.17) is 11.2 Å². The van der Waals surface area contributed by atoms with Gasteiger partial charge in [0.15, 0.2) is 5.96 Å². The Kier molecular flexibility index (Phi) is 9.13. The topological polar surface area (TPSA) is 48.9 Å². The maximum absolute atomic E-state index is 5.52. The molecule has 6 heteroatoms. The van der Waals surface area contributed by atoms with Crippen molar-refractivity contribution in [3.8, 4) is 12.3 Å². The summed E-state index contributed by atoms with van der Waals surface area (Å²) < 4.78 is 5.52. The van der Waals surface area contributed by atoms with Crippen molar-refractivity contribution in [2.24, 2.45) is 4.99 Å². The van der Waals surface area contributed by atoms with Gasteiger partial charge in [0.1, 0.15) is 0 Å². The number of hydrogen-bond donors (Lipinski definition) is 2. The maximum Gasteiger partial charge on any atom is 0.191 e. The van der Waals surface area contributed by atoms with E-state index in [2.05, 4.69) is 26.4 Å². The molecule has 1 heterocycles. The average Bonchev–Trinajstić information content (AvgIpc) is 2.57. The highest BCUT2D eigenvalue weighted by Gasteiger charge is 2.38. The molecule has 0 aromatic rings. The molecule has 0 bridgehead atoms. The van der Waals surface area contributed by atoms with Crippen LogP contribution in [-0.2, 0) is 4.74 Å². The summed E-state index contributed by atoms with van der Waals surface area (Å²) in [6.45, 7) is 5.22. The number of ether oxygens (including phenoxy) is 1. The Hall–Kier alpha value is -0.520. The lowest BCUT2D eigenvalue weighted by atomic mass is 9.80. The Labute approximate surface area is 151 Å². The van der Waals surface area contributed by atoms with Gasteiger partial charge in [-0.25, -0.2) is 0 Å². The van der Waals surface area contributed by atoms with Crippen molar-refractivity contribution < 1.29 is 4.74 Å². The van der Waals surface area contributed by atoms with Gasteiger partial charge in [0.05, 0.1) is 19.8 Å². The number of nitrogens with zero attached hydrogens (tertiary/aromatic N) is 2. The number of hydrogen-bond acceptors (Lipinski definition) is 3. The number of nitrogens with one attached hydrogen (secondary N) is 2. The van der Waals surface area contributed by atoms with Gasteiger partial charge in [-0.1, -0.05) is 25.2 Å². The van der Waals surface area contributed by atoms with E-state index in [-0.39, 0.29) is 29.5 Å². The van der Waals surface area contributed by atoms with Crippen molar-refractivity contribution in [3.05, 3.63) is 0 Å². The van der Waals surface area contributed by atoms with Gasteiger partial charge >= 0.3 is 0 Å². The average molecular weight is 420 g/mol. The van der Waals surface area contributed by atoms with Gasteiger partial charge in [0.25, 0.3) is 0 Å². The molecule has 0 unspecified atom stereocenters. The first-order chi connectivity index (χ1) is 10.3. The second-order valence-corrected chi connectivity index (χ2v) is 5.87. The fraction of sp³-hybridized carbons (Fsp3) is 0.812. The van der Waals surface area contributed by atoms with Crippen LogP contribution in [0.3, 0.4) is 0 Å². The third-order valence-corrected chi connectivity index (χ3v) is 4.63. The molecule has 2 aliphatic rings. The van der Waals surface area contributed by atoms with Gasteiger partial charge in [-0.2, -0.15) is 0 Å². The number of terminal acetylenes is 1. The van der Waals surface area contributed by atoms with Crippen molar-refractivity contribution in [1.29, 1.82) is 0 Å². The third-order valence-electron chi connectivity index (χ3n) is 4.63. The molecular formula is C16H29IN4O. The summed E-state index contributed by atoms with van der Waals surface area (Å²) in [5.74, 6) is 3.38. The van der Waals surface area contributed by atoms with E-state index < -0.39 is 0 Å². The van der Waals surface area contributed by atoms with Gasteiger partial charge in [-0.05, 0) is 12.8 Å². The van der Waals surface area contributed by atoms with E-state index in [1.165, 1.54) is 32.1 Å². The van der Waals surface area contributed by atoms with Gasteiger partial charge < -0.3 is 15.4 Å². The first-order valence-corrected chi connectivity index (χ1v) is 8.01. The summed E-state index contributed by atoms with van der Waals surface area (Å²) in [7, 11) is 1.79. The van der Waals surface area contributed by atoms with Crippen LogP contribution in [0.1, 0.15) is 32.1 Å². The molecule has 1 saturated carbocycles. The minimum atomic E-state index is 0. The van der Waals surface area contributed by atoms with E-state index in [0.29, 0.717) is 6.54 Å². The van der Waals surface area contributed by atoms with Crippen LogP contribution >= 0.6 is 24.0 Å². The summed E-state index contributed by atoms with van der Waals surface area (Å²) in [5, 5.41) is 6.61. The maximum atomic E-state index is 5.52. The number of halogens is 1. The van der Waals surface area contributed by atoms with Gasteiger partial charge in [-0.15, -0.1) is 30.4 Å². The molecule has 2 rings (SSSR count). The third kappa shape index (κ3) is 5.28. The molecule has 2 N–H and O–H groups in total. The molecule has 5 nitrogen and oxygen atoms in total. The Balaban J connectivity index is 0.00000242. The van der Waals surface area contributed by atoms with Gasteiger partial charge in [0.2, 0.25) is 0 Å². The summed E-state index contributed by atoms with van der Waals surface area (Å²) in [6.07, 6.45) is 11.8. The molecule has 0 aromatic carbocycles. The highest BCUT2D eigenvalue weighted by molar-refractivity contribution is 14.0. The van der Waals surface area contributed by atoms with Crippen molar-refractivity contribution in [2.45, 2.75) is 37.6 Å². The molecule has 2 fully saturated rings. The van der Waals surface area contributed by atoms with Crippen LogP contribution in [0.2, 0.25) is 0 Å². The zero-order valence-electron chi connectivity index (χ0n) is 13.6. The standard InChI is InChI=1S/C16H28N4O.HI/c1-3-9-18-15(17-2)19-14-16(7-5-4-6-8-16)20-10-12-21-13-11-20;/h1H,4-14H2,2H3,(H2,17,18,19);1H. The van der Waals surface area contributed by atoms with Crippen molar-refractivity contribution in [2.75, 3.05) is 46.4 Å². The van der Waals surface area contributed by atoms with Crippen molar-refractivity contribution in [3.63, 3.8) is 0 Å². The zero-order chi connectivity index (χ0) is 15.0. The van der Waals surface area contributed by atoms with Crippen LogP contribution < -0.4 is 10.6 Å². The summed E-state index contributed by atoms with van der Waals surface area (Å²) in [5.41, 5.74) is 0.246. The van der Waals surface area contributed by atoms with Crippen LogP contribution in [0.4, 0.5) is 0 Å². The molecule has 0 spiro atoms. The fourth-order valence-electron chi connectivity index (χ4n) is 3.46. The molecule has 0 radical (unpaired) electrons. The van der Waals surface area contributed by atoms with E-state index in [9.17, 15) is 0 Å². The normalized spacial score (nSPS) is 22.3. The van der Waals surface area contributed by atoms with Crippen LogP contribution in [0.25, 0.3) is 0 Å². The molecule has 126 valence electrons. The predicted molar refractivity (Wildman–Crippen MR) is 102 cm³/mol. The number of guanidine groups is 1. The largest absolute Gasteiger partial charge is 0.379 e. The second kappa shape index (κ2) is 10.3. The highest BCUT2D eigenvalue weighted by Crippen LogP contribution is 2.33. The monoisotopic (exact) mass is 420 g/mol. The molecule has 22 heavy (non-hydrogen) atoms. The number of morpholine rings is 1. The first-order valence-electron chi connectivity index (χ1n) is 8.01. The van der Waals surface area contributed by atoms with Gasteiger partial charge in [-0.3, -0.25) is 9.89 Å². The van der Waals surface area contributed by atoms with Crippen LogP contribution in [-0.4, -0.2) is 62.8 Å². The molecule has 0 atom stereocenters. The minimum Gasteiger partial charge on any atom is -0.379 e. The highest BCUT2D eigenvalue weighted by atomic mass is 127. The van der Waals surface area contributed by atoms with Crippen LogP contribution in [0.15, 0.2) is 4.99 Å². The quantitative estimate of drug-likeness (QED) is 0.313. The Morgan fingerprint density at radius 2 is 1.91 bits per heavy atom. The van der Waals surface area contributed by atoms with E-state index in [1.54, 1.807) is 7.05 Å². The summed E-state index contributed by atoms with van der Waals surface area (Å²) in [4.78, 5) is 6.86. The smallest absolute Gasteiger partial charge is 0.191 e. The van der Waals surface area contributed by atoms with Crippen LogP contribution in [0.5, 0.6) is 0 Å². The van der Waals surface area contributed by atoms with Crippen molar-refractivity contribution in [1.82, 2.24) is 15.5 Å². The lowest BCUT2D eigenvalue weighted by molar-refractivity contribution is -0.0352. The Bertz CT molecular complexity index is 382. The minimum absolute atomic E-state index is 0. The Morgan fingerprint density at radius 3 is 2.50 bits per heavy atom. The van der Waals surface area contributed by atoms with Crippen LogP contribution in [0, 0.1) is 12.3 Å².